The zero-order chi connectivity index (χ0) is 52.4. The lowest BCUT2D eigenvalue weighted by molar-refractivity contribution is -0.193. The summed E-state index contributed by atoms with van der Waals surface area (Å²) in [6, 6.07) is 0. The molecule has 0 aromatic heterocycles. The summed E-state index contributed by atoms with van der Waals surface area (Å²) in [5, 5.41) is 27.9. The highest BCUT2D eigenvalue weighted by Crippen LogP contribution is 2.44. The molecule has 0 radical (unpaired) electrons. The van der Waals surface area contributed by atoms with Gasteiger partial charge in [0.25, 0.3) is 0 Å². The van der Waals surface area contributed by atoms with Crippen molar-refractivity contribution in [1.29, 1.82) is 0 Å². The van der Waals surface area contributed by atoms with Crippen LogP contribution in [0.2, 0.25) is 0 Å². The van der Waals surface area contributed by atoms with E-state index in [1.54, 1.807) is 20.8 Å². The monoisotopic (exact) mass is 980 g/mol. The predicted molar refractivity (Wildman–Crippen MR) is 234 cm³/mol. The molecule has 3 heterocycles. The number of carboxylic acid groups (broad SMARTS) is 2. The zero-order valence-corrected chi connectivity index (χ0v) is 39.9. The van der Waals surface area contributed by atoms with Crippen LogP contribution in [0.3, 0.4) is 0 Å². The van der Waals surface area contributed by atoms with Crippen LogP contribution in [-0.4, -0.2) is 145 Å². The molecular weight excluding hydrogens is 916 g/mol. The number of ketones is 2. The van der Waals surface area contributed by atoms with Gasteiger partial charge in [0.2, 0.25) is 0 Å². The minimum atomic E-state index is -1.49. The van der Waals surface area contributed by atoms with E-state index in [4.69, 9.17) is 33.5 Å². The normalized spacial score (nSPS) is 26.7. The van der Waals surface area contributed by atoms with Crippen LogP contribution in [-0.2, 0) is 90.6 Å². The van der Waals surface area contributed by atoms with Gasteiger partial charge in [-0.1, -0.05) is 47.4 Å². The Kier molecular flexibility index (Phi) is 23.7. The molecule has 0 spiro atoms. The van der Waals surface area contributed by atoms with Crippen LogP contribution in [0, 0.1) is 47.3 Å². The van der Waals surface area contributed by atoms with Crippen LogP contribution < -0.4 is 0 Å². The number of rotatable bonds is 20. The van der Waals surface area contributed by atoms with Crippen LogP contribution in [0.1, 0.15) is 80.6 Å². The van der Waals surface area contributed by atoms with E-state index < -0.39 is 108 Å². The number of ether oxygens (including phenoxy) is 8. The summed E-state index contributed by atoms with van der Waals surface area (Å²) in [5.41, 5.74) is 0.648. The lowest BCUT2D eigenvalue weighted by Crippen LogP contribution is -2.52. The molecule has 0 amide bonds. The second kappa shape index (κ2) is 27.8. The van der Waals surface area contributed by atoms with Gasteiger partial charge in [0.1, 0.15) is 44.6 Å². The number of esters is 7. The molecule has 12 unspecified atom stereocenters. The largest absolute Gasteiger partial charge is 0.481 e. The van der Waals surface area contributed by atoms with Crippen LogP contribution in [0.4, 0.5) is 0 Å². The molecule has 69 heavy (non-hydrogen) atoms. The number of carbonyl (C=O) groups excluding carboxylic acids is 9. The molecule has 4 fully saturated rings. The smallest absolute Gasteiger partial charge is 0.333 e. The second-order valence-corrected chi connectivity index (χ2v) is 16.9. The summed E-state index contributed by atoms with van der Waals surface area (Å²) in [4.78, 5) is 130. The van der Waals surface area contributed by atoms with Gasteiger partial charge >= 0.3 is 53.7 Å². The van der Waals surface area contributed by atoms with Crippen molar-refractivity contribution < 1.29 is 106 Å². The average Bonchev–Trinajstić information content (AvgIpc) is 3.73. The fraction of sp³-hybridized carbons (Fsp3) is 0.638. The van der Waals surface area contributed by atoms with Gasteiger partial charge in [0.15, 0.2) is 0 Å². The Hall–Kier alpha value is -6.13. The number of carbonyl (C=O) groups is 11. The van der Waals surface area contributed by atoms with Crippen LogP contribution in [0.5, 0.6) is 0 Å². The van der Waals surface area contributed by atoms with E-state index >= 15 is 0 Å². The fourth-order valence-electron chi connectivity index (χ4n) is 8.19. The topological polar surface area (TPSA) is 322 Å². The van der Waals surface area contributed by atoms with Crippen LogP contribution in [0.25, 0.3) is 0 Å². The molecule has 12 atom stereocenters. The Balaban J connectivity index is 0.000000446. The van der Waals surface area contributed by atoms with Crippen molar-refractivity contribution in [2.75, 3.05) is 39.6 Å². The Bertz CT molecular complexity index is 1990. The van der Waals surface area contributed by atoms with Crippen molar-refractivity contribution in [3.05, 3.63) is 36.5 Å². The maximum atomic E-state index is 12.9. The molecule has 22 nitrogen and oxygen atoms in total. The molecule has 22 heteroatoms. The minimum absolute atomic E-state index is 0.0362. The molecule has 0 aromatic carbocycles. The summed E-state index contributed by atoms with van der Waals surface area (Å²) in [5.74, 6) is -15.1. The van der Waals surface area contributed by atoms with Gasteiger partial charge < -0.3 is 53.2 Å². The molecule has 4 rings (SSSR count). The number of cyclic esters (lactones) is 2. The number of Topliss-reactive ketones (excluding diaryl/α,β-unsaturated/α-hetero) is 2. The van der Waals surface area contributed by atoms with E-state index in [-0.39, 0.29) is 99.6 Å². The number of hydrogen-bond acceptors (Lipinski definition) is 20. The molecule has 3 aliphatic heterocycles. The number of hydrogen-bond donors (Lipinski definition) is 3. The zero-order valence-electron chi connectivity index (χ0n) is 39.9. The quantitative estimate of drug-likeness (QED) is 0.0518. The highest BCUT2D eigenvalue weighted by Gasteiger charge is 2.56. The van der Waals surface area contributed by atoms with E-state index in [1.165, 1.54) is 20.8 Å². The van der Waals surface area contributed by atoms with Gasteiger partial charge in [-0.2, -0.15) is 0 Å². The third kappa shape index (κ3) is 16.5. The van der Waals surface area contributed by atoms with Crippen molar-refractivity contribution >= 4 is 65.3 Å². The van der Waals surface area contributed by atoms with Crippen molar-refractivity contribution in [1.82, 2.24) is 0 Å². The summed E-state index contributed by atoms with van der Waals surface area (Å²) in [6.07, 6.45) is -2.51. The second-order valence-electron chi connectivity index (χ2n) is 16.9. The third-order valence-corrected chi connectivity index (χ3v) is 11.7. The van der Waals surface area contributed by atoms with E-state index in [9.17, 15) is 63.0 Å². The van der Waals surface area contributed by atoms with Gasteiger partial charge in [0, 0.05) is 22.6 Å². The Morgan fingerprint density at radius 2 is 1.19 bits per heavy atom. The first-order valence-corrected chi connectivity index (χ1v) is 22.3. The minimum Gasteiger partial charge on any atom is -0.481 e. The van der Waals surface area contributed by atoms with E-state index in [2.05, 4.69) is 29.2 Å². The highest BCUT2D eigenvalue weighted by molar-refractivity contribution is 6.09. The number of aliphatic hydroxyl groups is 1. The van der Waals surface area contributed by atoms with Gasteiger partial charge in [-0.05, 0) is 46.5 Å². The number of fused-ring (bicyclic) bond motifs is 1. The summed E-state index contributed by atoms with van der Waals surface area (Å²) in [6.45, 7) is 19.7. The first-order valence-electron chi connectivity index (χ1n) is 22.3. The summed E-state index contributed by atoms with van der Waals surface area (Å²) >= 11 is 0. The van der Waals surface area contributed by atoms with Crippen LogP contribution >= 0.6 is 0 Å². The van der Waals surface area contributed by atoms with Crippen molar-refractivity contribution in [2.45, 2.75) is 105 Å². The van der Waals surface area contributed by atoms with E-state index in [0.717, 1.165) is 0 Å². The molecule has 3 N–H and O–H groups in total. The Labute approximate surface area is 399 Å². The van der Waals surface area contributed by atoms with Crippen molar-refractivity contribution in [2.24, 2.45) is 47.3 Å². The highest BCUT2D eigenvalue weighted by atomic mass is 16.6. The summed E-state index contributed by atoms with van der Waals surface area (Å²) in [7, 11) is 0. The lowest BCUT2D eigenvalue weighted by Gasteiger charge is -2.41. The first kappa shape index (κ1) is 59.0. The van der Waals surface area contributed by atoms with E-state index in [1.807, 2.05) is 6.92 Å². The fourth-order valence-corrected chi connectivity index (χ4v) is 8.19. The van der Waals surface area contributed by atoms with Crippen LogP contribution in [0.15, 0.2) is 36.5 Å². The number of aliphatic hydroxyl groups excluding tert-OH is 1. The van der Waals surface area contributed by atoms with Crippen molar-refractivity contribution in [3.63, 3.8) is 0 Å². The van der Waals surface area contributed by atoms with Gasteiger partial charge in [-0.3, -0.25) is 38.4 Å². The van der Waals surface area contributed by atoms with Gasteiger partial charge in [-0.25, -0.2) is 14.4 Å². The van der Waals surface area contributed by atoms with Crippen molar-refractivity contribution in [3.8, 4) is 0 Å². The maximum Gasteiger partial charge on any atom is 0.333 e. The molecule has 0 aromatic rings. The number of aliphatic carboxylic acids is 2. The third-order valence-electron chi connectivity index (χ3n) is 11.7. The Morgan fingerprint density at radius 3 is 1.64 bits per heavy atom. The number of carboxylic acids is 2. The molecule has 1 saturated carbocycles. The van der Waals surface area contributed by atoms with E-state index in [0.29, 0.717) is 18.4 Å². The Morgan fingerprint density at radius 1 is 0.681 bits per heavy atom. The predicted octanol–water partition coefficient (Wildman–Crippen LogP) is 2.29. The molecule has 0 bridgehead atoms. The van der Waals surface area contributed by atoms with Gasteiger partial charge in [-0.15, -0.1) is 0 Å². The molecule has 4 aliphatic rings. The lowest BCUT2D eigenvalue weighted by atomic mass is 9.75. The average molecular weight is 981 g/mol. The standard InChI is InChI=1S/C26H36O13.C15H18O6.C6H10O3/c1-7-17-20(22(29)30)16(26(34)38-11-9-36-24(32)14(4)5)12-18(39-17)19(21(27)28)15(6)25(33)37-10-8-35-23(31)13(2)3;1-3-10-13-7(8(16)5-9(13)17)4-11(20-10)12-6(2)14(18)21-15(12)19;1-5(2)6(8)9-4-3-7/h15-20H,2,4,7-12H2,1,3,5-6H3,(H,27,28)(H,29,30);6-7,10-13H,3-5H2,1-2H3;7H,1,3-4H2,2H3. The maximum absolute atomic E-state index is 12.9. The first-order chi connectivity index (χ1) is 32.3. The molecule has 1 aliphatic carbocycles. The molecular formula is C47H64O22. The molecule has 384 valence electrons. The summed E-state index contributed by atoms with van der Waals surface area (Å²) < 4.78 is 40.7. The van der Waals surface area contributed by atoms with Gasteiger partial charge in [0.05, 0.1) is 78.9 Å². The molecule has 3 saturated heterocycles. The SMILES string of the molecule is C=C(C)C(=O)OCCO.C=C(C)C(=O)OCCOC(=O)C(C)C(C(=O)O)C1CC(C(=O)OCCOC(=O)C(=C)C)C(C(=O)O)C(CC)O1.CCC1OC(C2C(=O)OC(=O)C2C)CC2C(=O)CC(=O)C12.